The zero-order valence-electron chi connectivity index (χ0n) is 9.22. The normalized spacial score (nSPS) is 43.8. The first-order chi connectivity index (χ1) is 5.51. The van der Waals surface area contributed by atoms with E-state index in [1.165, 1.54) is 19.3 Å². The standard InChI is InChI=1S/C11H23N/c1-6-7-11(4)8-9(2)12(5)10(11)3/h9-10H,6-8H2,1-5H3/t9-,10?,11?/m1/s1. The Hall–Kier alpha value is -0.0400. The Balaban J connectivity index is 2.67. The van der Waals surface area contributed by atoms with E-state index in [1.807, 2.05) is 0 Å². The lowest BCUT2D eigenvalue weighted by atomic mass is 9.78. The number of hydrogen-bond donors (Lipinski definition) is 0. The van der Waals surface area contributed by atoms with Gasteiger partial charge in [0, 0.05) is 12.1 Å². The van der Waals surface area contributed by atoms with Crippen molar-refractivity contribution in [2.75, 3.05) is 7.05 Å². The topological polar surface area (TPSA) is 3.24 Å². The molecule has 1 rings (SSSR count). The molecule has 0 amide bonds. The number of hydrogen-bond acceptors (Lipinski definition) is 1. The summed E-state index contributed by atoms with van der Waals surface area (Å²) in [4.78, 5) is 2.52. The summed E-state index contributed by atoms with van der Waals surface area (Å²) >= 11 is 0. The van der Waals surface area contributed by atoms with Crippen molar-refractivity contribution in [2.45, 2.75) is 59.0 Å². The van der Waals surface area contributed by atoms with Crippen LogP contribution >= 0.6 is 0 Å². The van der Waals surface area contributed by atoms with E-state index in [0.717, 1.165) is 12.1 Å². The molecule has 1 heteroatoms. The molecule has 1 fully saturated rings. The van der Waals surface area contributed by atoms with Crippen LogP contribution in [0.1, 0.15) is 47.0 Å². The summed E-state index contributed by atoms with van der Waals surface area (Å²) in [5.41, 5.74) is 0.572. The van der Waals surface area contributed by atoms with Gasteiger partial charge in [0.2, 0.25) is 0 Å². The minimum atomic E-state index is 0.572. The summed E-state index contributed by atoms with van der Waals surface area (Å²) in [6, 6.07) is 1.53. The molecular weight excluding hydrogens is 146 g/mol. The highest BCUT2D eigenvalue weighted by Gasteiger charge is 2.42. The molecule has 0 aromatic carbocycles. The molecule has 0 radical (unpaired) electrons. The van der Waals surface area contributed by atoms with Crippen molar-refractivity contribution in [1.82, 2.24) is 4.90 Å². The van der Waals surface area contributed by atoms with E-state index < -0.39 is 0 Å². The fourth-order valence-corrected chi connectivity index (χ4v) is 2.74. The van der Waals surface area contributed by atoms with Crippen molar-refractivity contribution in [3.05, 3.63) is 0 Å². The minimum absolute atomic E-state index is 0.572. The molecule has 0 saturated carbocycles. The molecule has 0 bridgehead atoms. The molecule has 3 atom stereocenters. The molecule has 12 heavy (non-hydrogen) atoms. The van der Waals surface area contributed by atoms with Crippen LogP contribution in [0, 0.1) is 5.41 Å². The fourth-order valence-electron chi connectivity index (χ4n) is 2.74. The predicted octanol–water partition coefficient (Wildman–Crippen LogP) is 2.91. The van der Waals surface area contributed by atoms with Crippen molar-refractivity contribution in [1.29, 1.82) is 0 Å². The smallest absolute Gasteiger partial charge is 0.0121 e. The third-order valence-corrected chi connectivity index (χ3v) is 3.90. The van der Waals surface area contributed by atoms with Crippen molar-refractivity contribution in [2.24, 2.45) is 5.41 Å². The third-order valence-electron chi connectivity index (χ3n) is 3.90. The van der Waals surface area contributed by atoms with Crippen molar-refractivity contribution >= 4 is 0 Å². The maximum atomic E-state index is 2.52. The molecule has 0 N–H and O–H groups in total. The number of nitrogens with zero attached hydrogens (tertiary/aromatic N) is 1. The monoisotopic (exact) mass is 169 g/mol. The summed E-state index contributed by atoms with van der Waals surface area (Å²) in [5, 5.41) is 0. The zero-order chi connectivity index (χ0) is 9.35. The first-order valence-electron chi connectivity index (χ1n) is 5.23. The van der Waals surface area contributed by atoms with Gasteiger partial charge in [-0.2, -0.15) is 0 Å². The van der Waals surface area contributed by atoms with Crippen LogP contribution in [0.4, 0.5) is 0 Å². The lowest BCUT2D eigenvalue weighted by Gasteiger charge is -2.30. The lowest BCUT2D eigenvalue weighted by Crippen LogP contribution is -2.34. The Labute approximate surface area is 77.1 Å². The highest BCUT2D eigenvalue weighted by atomic mass is 15.2. The average molecular weight is 169 g/mol. The summed E-state index contributed by atoms with van der Waals surface area (Å²) in [6.07, 6.45) is 4.07. The summed E-state index contributed by atoms with van der Waals surface area (Å²) in [5.74, 6) is 0. The molecule has 1 aliphatic rings. The van der Waals surface area contributed by atoms with Crippen molar-refractivity contribution in [3.63, 3.8) is 0 Å². The van der Waals surface area contributed by atoms with E-state index in [4.69, 9.17) is 0 Å². The fraction of sp³-hybridized carbons (Fsp3) is 1.00. The van der Waals surface area contributed by atoms with Crippen LogP contribution in [0.15, 0.2) is 0 Å². The van der Waals surface area contributed by atoms with Gasteiger partial charge in [0.25, 0.3) is 0 Å². The molecule has 1 nitrogen and oxygen atoms in total. The van der Waals surface area contributed by atoms with Gasteiger partial charge in [0.1, 0.15) is 0 Å². The van der Waals surface area contributed by atoms with Crippen molar-refractivity contribution in [3.8, 4) is 0 Å². The van der Waals surface area contributed by atoms with E-state index in [0.29, 0.717) is 5.41 Å². The molecular formula is C11H23N. The Bertz CT molecular complexity index is 155. The van der Waals surface area contributed by atoms with Gasteiger partial charge < -0.3 is 4.90 Å². The molecule has 0 spiro atoms. The average Bonchev–Trinajstić information content (AvgIpc) is 2.17. The van der Waals surface area contributed by atoms with E-state index in [2.05, 4.69) is 39.6 Å². The van der Waals surface area contributed by atoms with Crippen LogP contribution < -0.4 is 0 Å². The summed E-state index contributed by atoms with van der Waals surface area (Å²) in [7, 11) is 2.26. The lowest BCUT2D eigenvalue weighted by molar-refractivity contribution is 0.187. The quantitative estimate of drug-likeness (QED) is 0.614. The predicted molar refractivity (Wildman–Crippen MR) is 54.3 cm³/mol. The molecule has 1 saturated heterocycles. The maximum absolute atomic E-state index is 2.52. The Morgan fingerprint density at radius 3 is 2.33 bits per heavy atom. The number of likely N-dealkylation sites (tertiary alicyclic amines) is 1. The Morgan fingerprint density at radius 2 is 2.00 bits per heavy atom. The molecule has 0 aromatic heterocycles. The molecule has 2 unspecified atom stereocenters. The first kappa shape index (κ1) is 10.0. The van der Waals surface area contributed by atoms with Gasteiger partial charge in [-0.1, -0.05) is 20.3 Å². The molecule has 0 aliphatic carbocycles. The first-order valence-corrected chi connectivity index (χ1v) is 5.23. The summed E-state index contributed by atoms with van der Waals surface area (Å²) in [6.45, 7) is 9.46. The van der Waals surface area contributed by atoms with Gasteiger partial charge in [-0.3, -0.25) is 0 Å². The molecule has 1 heterocycles. The zero-order valence-corrected chi connectivity index (χ0v) is 9.22. The molecule has 1 aliphatic heterocycles. The SMILES string of the molecule is CCCC1(C)C[C@@H](C)N(C)C1C. The Morgan fingerprint density at radius 1 is 1.42 bits per heavy atom. The van der Waals surface area contributed by atoms with Crippen LogP contribution in [-0.4, -0.2) is 24.0 Å². The largest absolute Gasteiger partial charge is 0.300 e. The van der Waals surface area contributed by atoms with E-state index in [9.17, 15) is 0 Å². The van der Waals surface area contributed by atoms with Crippen LogP contribution in [0.25, 0.3) is 0 Å². The van der Waals surface area contributed by atoms with Crippen LogP contribution in [-0.2, 0) is 0 Å². The third kappa shape index (κ3) is 1.52. The maximum Gasteiger partial charge on any atom is 0.0121 e. The van der Waals surface area contributed by atoms with E-state index in [1.54, 1.807) is 0 Å². The Kier molecular flexibility index (Phi) is 2.82. The second-order valence-electron chi connectivity index (χ2n) is 4.80. The van der Waals surface area contributed by atoms with Gasteiger partial charge in [-0.05, 0) is 39.2 Å². The minimum Gasteiger partial charge on any atom is -0.300 e. The highest BCUT2D eigenvalue weighted by Crippen LogP contribution is 2.42. The summed E-state index contributed by atoms with van der Waals surface area (Å²) < 4.78 is 0. The van der Waals surface area contributed by atoms with Gasteiger partial charge >= 0.3 is 0 Å². The van der Waals surface area contributed by atoms with E-state index in [-0.39, 0.29) is 0 Å². The van der Waals surface area contributed by atoms with E-state index >= 15 is 0 Å². The van der Waals surface area contributed by atoms with Gasteiger partial charge in [0.05, 0.1) is 0 Å². The molecule has 0 aromatic rings. The van der Waals surface area contributed by atoms with Crippen LogP contribution in [0.5, 0.6) is 0 Å². The van der Waals surface area contributed by atoms with Crippen LogP contribution in [0.3, 0.4) is 0 Å². The molecule has 72 valence electrons. The van der Waals surface area contributed by atoms with Crippen LogP contribution in [0.2, 0.25) is 0 Å². The second-order valence-corrected chi connectivity index (χ2v) is 4.80. The van der Waals surface area contributed by atoms with Gasteiger partial charge in [-0.15, -0.1) is 0 Å². The van der Waals surface area contributed by atoms with Gasteiger partial charge in [0.15, 0.2) is 0 Å². The van der Waals surface area contributed by atoms with Gasteiger partial charge in [-0.25, -0.2) is 0 Å². The number of rotatable bonds is 2. The van der Waals surface area contributed by atoms with Crippen molar-refractivity contribution < 1.29 is 0 Å². The second kappa shape index (κ2) is 3.37. The highest BCUT2D eigenvalue weighted by molar-refractivity contribution is 4.95.